The van der Waals surface area contributed by atoms with E-state index >= 15 is 0 Å². The number of cyclic esters (lactones) is 1. The molecule has 1 aromatic heterocycles. The molecule has 42 heavy (non-hydrogen) atoms. The molecule has 0 aliphatic carbocycles. The molecule has 0 bridgehead atoms. The van der Waals surface area contributed by atoms with E-state index in [0.717, 1.165) is 63.9 Å². The maximum atomic E-state index is 14.1. The van der Waals surface area contributed by atoms with E-state index < -0.39 is 24.0 Å². The summed E-state index contributed by atoms with van der Waals surface area (Å²) in [7, 11) is 0. The predicted octanol–water partition coefficient (Wildman–Crippen LogP) is 6.41. The number of ether oxygens (including phenoxy) is 2. The number of hydrogen-bond donors (Lipinski definition) is 2. The highest BCUT2D eigenvalue weighted by molar-refractivity contribution is 6.02. The van der Waals surface area contributed by atoms with Crippen LogP contribution in [0.25, 0.3) is 10.9 Å². The number of rotatable bonds is 6. The third-order valence-electron chi connectivity index (χ3n) is 9.18. The molecule has 2 N–H and O–H groups in total. The fourth-order valence-electron chi connectivity index (χ4n) is 7.33. The number of aromatic amines is 1. The topological polar surface area (TPSA) is 83.7 Å². The second kappa shape index (κ2) is 11.4. The van der Waals surface area contributed by atoms with Crippen molar-refractivity contribution in [3.63, 3.8) is 0 Å². The summed E-state index contributed by atoms with van der Waals surface area (Å²) in [5, 5.41) is 4.62. The summed E-state index contributed by atoms with van der Waals surface area (Å²) in [6.07, 6.45) is 5.47. The van der Waals surface area contributed by atoms with Crippen LogP contribution < -0.4 is 5.32 Å². The molecular formula is C35H41N3O4. The molecule has 7 heteroatoms. The highest BCUT2D eigenvalue weighted by Crippen LogP contribution is 2.47. The Bertz CT molecular complexity index is 1590. The van der Waals surface area contributed by atoms with Crippen LogP contribution in [0, 0.1) is 20.8 Å². The van der Waals surface area contributed by atoms with Crippen molar-refractivity contribution >= 4 is 22.8 Å². The Morgan fingerprint density at radius 2 is 1.90 bits per heavy atom. The van der Waals surface area contributed by atoms with Gasteiger partial charge in [-0.1, -0.05) is 36.2 Å². The summed E-state index contributed by atoms with van der Waals surface area (Å²) in [6.45, 7) is 12.1. The van der Waals surface area contributed by atoms with Gasteiger partial charge in [-0.2, -0.15) is 0 Å². The van der Waals surface area contributed by atoms with E-state index in [1.807, 2.05) is 37.4 Å². The number of carbonyl (C=O) groups excluding carboxylic acids is 2. The number of nitrogens with one attached hydrogen (secondary N) is 2. The lowest BCUT2D eigenvalue weighted by Crippen LogP contribution is -2.44. The van der Waals surface area contributed by atoms with Gasteiger partial charge in [-0.15, -0.1) is 0 Å². The predicted molar refractivity (Wildman–Crippen MR) is 164 cm³/mol. The molecule has 220 valence electrons. The summed E-state index contributed by atoms with van der Waals surface area (Å²) < 4.78 is 11.9. The van der Waals surface area contributed by atoms with Crippen molar-refractivity contribution in [2.45, 2.75) is 78.4 Å². The van der Waals surface area contributed by atoms with E-state index in [-0.39, 0.29) is 6.61 Å². The van der Waals surface area contributed by atoms with Gasteiger partial charge in [0.15, 0.2) is 0 Å². The maximum Gasteiger partial charge on any atom is 0.337 e. The van der Waals surface area contributed by atoms with Gasteiger partial charge >= 0.3 is 11.9 Å². The van der Waals surface area contributed by atoms with Gasteiger partial charge in [0.2, 0.25) is 0 Å². The number of aryl methyl sites for hydroxylation is 3. The van der Waals surface area contributed by atoms with E-state index in [2.05, 4.69) is 55.0 Å². The van der Waals surface area contributed by atoms with Crippen LogP contribution in [-0.4, -0.2) is 47.6 Å². The molecule has 3 aliphatic heterocycles. The lowest BCUT2D eigenvalue weighted by atomic mass is 9.76. The van der Waals surface area contributed by atoms with Crippen LogP contribution in [0.15, 0.2) is 65.1 Å². The van der Waals surface area contributed by atoms with Crippen LogP contribution in [0.2, 0.25) is 0 Å². The number of carbonyl (C=O) groups is 2. The lowest BCUT2D eigenvalue weighted by Gasteiger charge is -2.40. The first-order valence-electron chi connectivity index (χ1n) is 15.3. The highest BCUT2D eigenvalue weighted by atomic mass is 16.5. The minimum absolute atomic E-state index is 0.251. The number of aromatic nitrogens is 1. The lowest BCUT2D eigenvalue weighted by molar-refractivity contribution is -0.147. The maximum absolute atomic E-state index is 14.1. The van der Waals surface area contributed by atoms with Crippen molar-refractivity contribution in [1.82, 2.24) is 15.2 Å². The Morgan fingerprint density at radius 3 is 2.64 bits per heavy atom. The van der Waals surface area contributed by atoms with Crippen molar-refractivity contribution < 1.29 is 19.1 Å². The normalized spacial score (nSPS) is 23.1. The average Bonchev–Trinajstić information content (AvgIpc) is 3.42. The largest absolute Gasteiger partial charge is 0.463 e. The summed E-state index contributed by atoms with van der Waals surface area (Å²) in [6, 6.07) is 12.7. The molecule has 3 unspecified atom stereocenters. The Labute approximate surface area is 248 Å². The van der Waals surface area contributed by atoms with Gasteiger partial charge in [0.1, 0.15) is 6.10 Å². The number of benzene rings is 2. The van der Waals surface area contributed by atoms with Gasteiger partial charge < -0.3 is 19.8 Å². The second-order valence-corrected chi connectivity index (χ2v) is 12.1. The zero-order valence-electron chi connectivity index (χ0n) is 25.3. The minimum atomic E-state index is -0.608. The van der Waals surface area contributed by atoms with E-state index in [1.54, 1.807) is 0 Å². The summed E-state index contributed by atoms with van der Waals surface area (Å²) in [5.41, 5.74) is 8.98. The third kappa shape index (κ3) is 5.04. The molecule has 2 aromatic carbocycles. The van der Waals surface area contributed by atoms with Crippen LogP contribution in [0.4, 0.5) is 0 Å². The quantitative estimate of drug-likeness (QED) is 0.335. The van der Waals surface area contributed by atoms with Crippen LogP contribution in [0.5, 0.6) is 0 Å². The first-order valence-corrected chi connectivity index (χ1v) is 15.3. The van der Waals surface area contributed by atoms with Gasteiger partial charge in [0, 0.05) is 47.5 Å². The number of H-pyrrole nitrogens is 1. The van der Waals surface area contributed by atoms with Crippen molar-refractivity contribution in [2.75, 3.05) is 19.7 Å². The van der Waals surface area contributed by atoms with Crippen molar-refractivity contribution in [1.29, 1.82) is 0 Å². The van der Waals surface area contributed by atoms with Crippen molar-refractivity contribution in [3.8, 4) is 0 Å². The summed E-state index contributed by atoms with van der Waals surface area (Å²) >= 11 is 0. The standard InChI is InChI=1S/C35H41N3O4/c1-6-41-34(39)33-28(19-38-15-8-7-10-23(38)5)37-27-18-29(30-21(3)16-20(2)17-22(30)4)42-35(40)32(27)31(33)25-11-9-12-26-24(25)13-14-36-26/h9,11-14,16-17,23,29,31,36-37H,6-8,10,15,18-19H2,1-5H3. The molecule has 0 amide bonds. The van der Waals surface area contributed by atoms with E-state index in [4.69, 9.17) is 9.47 Å². The van der Waals surface area contributed by atoms with Gasteiger partial charge in [-0.25, -0.2) is 9.59 Å². The number of esters is 2. The zero-order valence-corrected chi connectivity index (χ0v) is 25.3. The molecule has 0 spiro atoms. The highest BCUT2D eigenvalue weighted by Gasteiger charge is 2.44. The van der Waals surface area contributed by atoms with E-state index in [0.29, 0.717) is 30.2 Å². The Kier molecular flexibility index (Phi) is 7.71. The van der Waals surface area contributed by atoms with Crippen molar-refractivity contribution in [2.24, 2.45) is 0 Å². The van der Waals surface area contributed by atoms with Gasteiger partial charge in [0.25, 0.3) is 0 Å². The summed E-state index contributed by atoms with van der Waals surface area (Å²) in [4.78, 5) is 33.7. The number of nitrogens with zero attached hydrogens (tertiary/aromatic N) is 1. The molecule has 7 nitrogen and oxygen atoms in total. The number of fused-ring (bicyclic) bond motifs is 1. The molecule has 1 fully saturated rings. The molecule has 3 aromatic rings. The molecule has 0 saturated carbocycles. The van der Waals surface area contributed by atoms with Crippen LogP contribution in [-0.2, 0) is 19.1 Å². The number of hydrogen-bond acceptors (Lipinski definition) is 6. The average molecular weight is 568 g/mol. The minimum Gasteiger partial charge on any atom is -0.463 e. The Balaban J connectivity index is 1.52. The number of dihydropyridines is 1. The van der Waals surface area contributed by atoms with Crippen LogP contribution >= 0.6 is 0 Å². The van der Waals surface area contributed by atoms with Gasteiger partial charge in [-0.05, 0) is 88.4 Å². The van der Waals surface area contributed by atoms with E-state index in [1.165, 1.54) is 12.0 Å². The van der Waals surface area contributed by atoms with E-state index in [9.17, 15) is 9.59 Å². The number of piperidine rings is 1. The Morgan fingerprint density at radius 1 is 1.12 bits per heavy atom. The molecule has 3 atom stereocenters. The smallest absolute Gasteiger partial charge is 0.337 e. The van der Waals surface area contributed by atoms with Gasteiger partial charge in [0.05, 0.1) is 23.7 Å². The molecular weight excluding hydrogens is 526 g/mol. The molecule has 4 heterocycles. The monoisotopic (exact) mass is 567 g/mol. The summed E-state index contributed by atoms with van der Waals surface area (Å²) in [5.74, 6) is -1.39. The molecule has 6 rings (SSSR count). The molecule has 3 aliphatic rings. The first kappa shape index (κ1) is 28.3. The zero-order chi connectivity index (χ0) is 29.5. The van der Waals surface area contributed by atoms with Crippen molar-refractivity contribution in [3.05, 3.63) is 93.0 Å². The molecule has 1 saturated heterocycles. The second-order valence-electron chi connectivity index (χ2n) is 12.1. The Hall–Kier alpha value is -3.84. The first-order chi connectivity index (χ1) is 20.3. The van der Waals surface area contributed by atoms with Crippen LogP contribution in [0.3, 0.4) is 0 Å². The SMILES string of the molecule is CCOC(=O)C1=C(CN2CCCCC2C)NC2=C(C(=O)OC(c3c(C)cc(C)cc3C)C2)C1c1cccc2[nH]ccc12. The fourth-order valence-corrected chi connectivity index (χ4v) is 7.33. The third-order valence-corrected chi connectivity index (χ3v) is 9.18. The molecule has 0 radical (unpaired) electrons. The number of likely N-dealkylation sites (tertiary alicyclic amines) is 1. The fraction of sp³-hybridized carbons (Fsp3) is 0.429. The van der Waals surface area contributed by atoms with Gasteiger partial charge in [-0.3, -0.25) is 4.90 Å². The van der Waals surface area contributed by atoms with Crippen LogP contribution in [0.1, 0.15) is 79.4 Å².